The first kappa shape index (κ1) is 15.1. The molecule has 0 bridgehead atoms. The first-order valence-electron chi connectivity index (χ1n) is 6.89. The molecule has 2 N–H and O–H groups in total. The van der Waals surface area contributed by atoms with E-state index in [9.17, 15) is 9.90 Å². The molecule has 0 heterocycles. The topological polar surface area (TPSA) is 58.6 Å². The van der Waals surface area contributed by atoms with Crippen LogP contribution in [0.5, 0.6) is 5.75 Å². The molecule has 0 unspecified atom stereocenters. The molecule has 4 nitrogen and oxygen atoms in total. The Kier molecular flexibility index (Phi) is 4.89. The van der Waals surface area contributed by atoms with Crippen molar-refractivity contribution in [3.8, 4) is 5.75 Å². The monoisotopic (exact) mass is 297 g/mol. The summed E-state index contributed by atoms with van der Waals surface area (Å²) in [6.07, 6.45) is 4.61. The zero-order chi connectivity index (χ0) is 14.6. The summed E-state index contributed by atoms with van der Waals surface area (Å²) < 4.78 is 5.16. The van der Waals surface area contributed by atoms with E-state index in [2.05, 4.69) is 5.32 Å². The highest BCUT2D eigenvalue weighted by Gasteiger charge is 2.30. The van der Waals surface area contributed by atoms with Crippen LogP contribution in [0.4, 0.5) is 0 Å². The van der Waals surface area contributed by atoms with Crippen LogP contribution in [-0.2, 0) is 0 Å². The van der Waals surface area contributed by atoms with E-state index in [-0.39, 0.29) is 12.5 Å². The van der Waals surface area contributed by atoms with Crippen LogP contribution in [-0.4, -0.2) is 30.3 Å². The van der Waals surface area contributed by atoms with Crippen LogP contribution >= 0.6 is 11.6 Å². The number of methoxy groups -OCH3 is 1. The first-order valence-corrected chi connectivity index (χ1v) is 7.27. The Morgan fingerprint density at radius 1 is 1.40 bits per heavy atom. The van der Waals surface area contributed by atoms with Crippen molar-refractivity contribution in [2.24, 2.45) is 0 Å². The third kappa shape index (κ3) is 3.44. The van der Waals surface area contributed by atoms with Gasteiger partial charge in [0.25, 0.3) is 5.91 Å². The third-order valence-electron chi connectivity index (χ3n) is 3.78. The van der Waals surface area contributed by atoms with Gasteiger partial charge in [0.1, 0.15) is 5.75 Å². The van der Waals surface area contributed by atoms with E-state index < -0.39 is 5.60 Å². The Morgan fingerprint density at radius 3 is 2.75 bits per heavy atom. The standard InChI is InChI=1S/C15H20ClNO3/c1-20-12-7-5-6-11(16)13(12)14(18)17-10-15(19)8-3-2-4-9-15/h5-7,19H,2-4,8-10H2,1H3,(H,17,18). The van der Waals surface area contributed by atoms with Gasteiger partial charge in [0.05, 0.1) is 23.3 Å². The molecule has 1 aromatic rings. The Hall–Kier alpha value is -1.26. The van der Waals surface area contributed by atoms with Crippen LogP contribution < -0.4 is 10.1 Å². The number of nitrogens with one attached hydrogen (secondary N) is 1. The van der Waals surface area contributed by atoms with Crippen molar-refractivity contribution >= 4 is 17.5 Å². The molecule has 1 aliphatic rings. The van der Waals surface area contributed by atoms with Crippen molar-refractivity contribution in [1.29, 1.82) is 0 Å². The summed E-state index contributed by atoms with van der Waals surface area (Å²) >= 11 is 6.06. The molecule has 0 spiro atoms. The van der Waals surface area contributed by atoms with Gasteiger partial charge in [-0.2, -0.15) is 0 Å². The molecule has 0 aliphatic heterocycles. The van der Waals surface area contributed by atoms with Gasteiger partial charge in [0.2, 0.25) is 0 Å². The highest BCUT2D eigenvalue weighted by Crippen LogP contribution is 2.29. The zero-order valence-corrected chi connectivity index (χ0v) is 12.4. The minimum atomic E-state index is -0.789. The number of amides is 1. The van der Waals surface area contributed by atoms with E-state index in [0.717, 1.165) is 32.1 Å². The molecule has 5 heteroatoms. The lowest BCUT2D eigenvalue weighted by Crippen LogP contribution is -2.44. The smallest absolute Gasteiger partial charge is 0.256 e. The molecule has 1 aromatic carbocycles. The molecule has 2 rings (SSSR count). The molecule has 0 saturated heterocycles. The van der Waals surface area contributed by atoms with Crippen molar-refractivity contribution in [3.63, 3.8) is 0 Å². The second kappa shape index (κ2) is 6.46. The third-order valence-corrected chi connectivity index (χ3v) is 4.10. The molecular formula is C15H20ClNO3. The van der Waals surface area contributed by atoms with Crippen LogP contribution in [0.2, 0.25) is 5.02 Å². The SMILES string of the molecule is COc1cccc(Cl)c1C(=O)NCC1(O)CCCCC1. The fourth-order valence-electron chi connectivity index (χ4n) is 2.61. The van der Waals surface area contributed by atoms with Crippen LogP contribution in [0.1, 0.15) is 42.5 Å². The number of ether oxygens (including phenoxy) is 1. The second-order valence-electron chi connectivity index (χ2n) is 5.28. The molecule has 1 amide bonds. The van der Waals surface area contributed by atoms with Gasteiger partial charge in [-0.3, -0.25) is 4.79 Å². The van der Waals surface area contributed by atoms with Gasteiger partial charge in [-0.05, 0) is 25.0 Å². The Labute approximate surface area is 124 Å². The molecule has 0 aromatic heterocycles. The van der Waals surface area contributed by atoms with Gasteiger partial charge >= 0.3 is 0 Å². The molecule has 1 aliphatic carbocycles. The fourth-order valence-corrected chi connectivity index (χ4v) is 2.87. The van der Waals surface area contributed by atoms with E-state index in [0.29, 0.717) is 16.3 Å². The van der Waals surface area contributed by atoms with Crippen molar-refractivity contribution in [2.45, 2.75) is 37.7 Å². The number of benzene rings is 1. The highest BCUT2D eigenvalue weighted by atomic mass is 35.5. The van der Waals surface area contributed by atoms with Gasteiger partial charge in [0.15, 0.2) is 0 Å². The second-order valence-corrected chi connectivity index (χ2v) is 5.69. The minimum Gasteiger partial charge on any atom is -0.496 e. The Bertz CT molecular complexity index is 484. The summed E-state index contributed by atoms with van der Waals surface area (Å²) in [7, 11) is 1.50. The van der Waals surface area contributed by atoms with E-state index in [1.807, 2.05) is 0 Å². The maximum atomic E-state index is 12.2. The van der Waals surface area contributed by atoms with Gasteiger partial charge in [0, 0.05) is 6.54 Å². The molecule has 1 saturated carbocycles. The number of carbonyl (C=O) groups is 1. The summed E-state index contributed by atoms with van der Waals surface area (Å²) in [5.41, 5.74) is -0.473. The zero-order valence-electron chi connectivity index (χ0n) is 11.6. The van der Waals surface area contributed by atoms with Crippen molar-refractivity contribution in [1.82, 2.24) is 5.32 Å². The van der Waals surface area contributed by atoms with Crippen molar-refractivity contribution in [3.05, 3.63) is 28.8 Å². The average molecular weight is 298 g/mol. The van der Waals surface area contributed by atoms with Crippen LogP contribution in [0, 0.1) is 0 Å². The summed E-state index contributed by atoms with van der Waals surface area (Å²) in [4.78, 5) is 12.2. The van der Waals surface area contributed by atoms with Crippen molar-refractivity contribution < 1.29 is 14.6 Å². The minimum absolute atomic E-state index is 0.250. The predicted molar refractivity (Wildman–Crippen MR) is 78.4 cm³/mol. The maximum Gasteiger partial charge on any atom is 0.256 e. The lowest BCUT2D eigenvalue weighted by molar-refractivity contribution is 0.00523. The normalized spacial score (nSPS) is 17.6. The van der Waals surface area contributed by atoms with E-state index in [4.69, 9.17) is 16.3 Å². The van der Waals surface area contributed by atoms with Crippen molar-refractivity contribution in [2.75, 3.05) is 13.7 Å². The number of aliphatic hydroxyl groups is 1. The lowest BCUT2D eigenvalue weighted by Gasteiger charge is -2.32. The van der Waals surface area contributed by atoms with Gasteiger partial charge in [-0.15, -0.1) is 0 Å². The summed E-state index contributed by atoms with van der Waals surface area (Å²) in [5.74, 6) is 0.122. The molecular weight excluding hydrogens is 278 g/mol. The molecule has 0 atom stereocenters. The number of rotatable bonds is 4. The maximum absolute atomic E-state index is 12.2. The molecule has 20 heavy (non-hydrogen) atoms. The number of hydrogen-bond acceptors (Lipinski definition) is 3. The number of halogens is 1. The first-order chi connectivity index (χ1) is 9.56. The summed E-state index contributed by atoms with van der Waals surface area (Å²) in [6, 6.07) is 5.07. The van der Waals surface area contributed by atoms with Crippen LogP contribution in [0.15, 0.2) is 18.2 Å². The summed E-state index contributed by atoms with van der Waals surface area (Å²) in [5, 5.41) is 13.5. The predicted octanol–water partition coefficient (Wildman–Crippen LogP) is 2.77. The Morgan fingerprint density at radius 2 is 2.10 bits per heavy atom. The Balaban J connectivity index is 2.05. The van der Waals surface area contributed by atoms with Gasteiger partial charge in [-0.25, -0.2) is 0 Å². The van der Waals surface area contributed by atoms with E-state index >= 15 is 0 Å². The highest BCUT2D eigenvalue weighted by molar-refractivity contribution is 6.34. The van der Waals surface area contributed by atoms with Gasteiger partial charge < -0.3 is 15.2 Å². The van der Waals surface area contributed by atoms with Gasteiger partial charge in [-0.1, -0.05) is 36.9 Å². The van der Waals surface area contributed by atoms with Crippen LogP contribution in [0.25, 0.3) is 0 Å². The quantitative estimate of drug-likeness (QED) is 0.898. The average Bonchev–Trinajstić information content (AvgIpc) is 2.45. The lowest BCUT2D eigenvalue weighted by atomic mass is 9.85. The summed E-state index contributed by atoms with van der Waals surface area (Å²) in [6.45, 7) is 0.250. The fraction of sp³-hybridized carbons (Fsp3) is 0.533. The van der Waals surface area contributed by atoms with E-state index in [1.165, 1.54) is 7.11 Å². The molecule has 0 radical (unpaired) electrons. The molecule has 1 fully saturated rings. The molecule has 110 valence electrons. The van der Waals surface area contributed by atoms with Crippen LogP contribution in [0.3, 0.4) is 0 Å². The largest absolute Gasteiger partial charge is 0.496 e. The number of carbonyl (C=O) groups excluding carboxylic acids is 1. The van der Waals surface area contributed by atoms with E-state index in [1.54, 1.807) is 18.2 Å². The number of hydrogen-bond donors (Lipinski definition) is 2.